The van der Waals surface area contributed by atoms with Crippen molar-refractivity contribution in [3.8, 4) is 11.1 Å². The zero-order chi connectivity index (χ0) is 16.2. The predicted molar refractivity (Wildman–Crippen MR) is 85.1 cm³/mol. The van der Waals surface area contributed by atoms with Gasteiger partial charge in [-0.3, -0.25) is 9.55 Å². The second-order valence-electron chi connectivity index (χ2n) is 5.36. The van der Waals surface area contributed by atoms with Crippen LogP contribution in [0, 0.1) is 0 Å². The summed E-state index contributed by atoms with van der Waals surface area (Å²) in [6.45, 7) is 3.75. The third-order valence-corrected chi connectivity index (χ3v) is 5.94. The van der Waals surface area contributed by atoms with Crippen LogP contribution in [0.2, 0.25) is 0 Å². The van der Waals surface area contributed by atoms with Crippen LogP contribution >= 0.6 is 7.60 Å². The highest BCUT2D eigenvalue weighted by Gasteiger charge is 2.53. The SMILES string of the molecule is CCCC(CC)([n+]1ccc(-c2ccncc2)cc1)P(=O)(O)O. The molecule has 0 aromatic carbocycles. The highest BCUT2D eigenvalue weighted by Crippen LogP contribution is 2.55. The lowest BCUT2D eigenvalue weighted by atomic mass is 10.1. The molecule has 0 amide bonds. The van der Waals surface area contributed by atoms with E-state index in [0.29, 0.717) is 19.3 Å². The fourth-order valence-electron chi connectivity index (χ4n) is 2.83. The largest absolute Gasteiger partial charge is 0.396 e. The minimum absolute atomic E-state index is 0.379. The fraction of sp³-hybridized carbons (Fsp3) is 0.375. The molecule has 2 rings (SSSR count). The lowest BCUT2D eigenvalue weighted by molar-refractivity contribution is -0.744. The van der Waals surface area contributed by atoms with E-state index in [4.69, 9.17) is 0 Å². The van der Waals surface area contributed by atoms with E-state index in [9.17, 15) is 14.4 Å². The molecule has 2 N–H and O–H groups in total. The van der Waals surface area contributed by atoms with Crippen LogP contribution in [-0.2, 0) is 9.85 Å². The number of hydrogen-bond donors (Lipinski definition) is 2. The molecule has 2 heterocycles. The van der Waals surface area contributed by atoms with Crippen molar-refractivity contribution in [1.29, 1.82) is 0 Å². The van der Waals surface area contributed by atoms with E-state index in [0.717, 1.165) is 11.1 Å². The van der Waals surface area contributed by atoms with Gasteiger partial charge in [0.25, 0.3) is 5.28 Å². The minimum atomic E-state index is -4.28. The summed E-state index contributed by atoms with van der Waals surface area (Å²) in [6.07, 6.45) is 8.48. The summed E-state index contributed by atoms with van der Waals surface area (Å²) in [7, 11) is -4.28. The molecule has 2 aromatic rings. The van der Waals surface area contributed by atoms with Crippen LogP contribution in [0.3, 0.4) is 0 Å². The molecule has 0 fully saturated rings. The van der Waals surface area contributed by atoms with Gasteiger partial charge in [-0.25, -0.2) is 0 Å². The van der Waals surface area contributed by atoms with Crippen molar-refractivity contribution in [2.24, 2.45) is 0 Å². The van der Waals surface area contributed by atoms with Gasteiger partial charge < -0.3 is 9.79 Å². The van der Waals surface area contributed by atoms with Gasteiger partial charge >= 0.3 is 7.60 Å². The Kier molecular flexibility index (Phi) is 5.12. The van der Waals surface area contributed by atoms with Crippen molar-refractivity contribution in [3.05, 3.63) is 49.1 Å². The third kappa shape index (κ3) is 3.12. The molecule has 0 aliphatic heterocycles. The minimum Gasteiger partial charge on any atom is -0.320 e. The van der Waals surface area contributed by atoms with Gasteiger partial charge in [-0.15, -0.1) is 0 Å². The standard InChI is InChI=1S/C16H21N2O3P/c1-3-9-16(4-2,22(19,20)21)18-12-7-15(8-13-18)14-5-10-17-11-6-14/h5-8,10-13H,3-4,9H2,1-2H3,(H-,19,20,21)/p+1. The van der Waals surface area contributed by atoms with Gasteiger partial charge in [0.15, 0.2) is 12.4 Å². The van der Waals surface area contributed by atoms with Gasteiger partial charge in [-0.1, -0.05) is 13.8 Å². The number of hydrogen-bond acceptors (Lipinski definition) is 2. The Hall–Kier alpha value is -1.55. The molecule has 0 saturated carbocycles. The van der Waals surface area contributed by atoms with Crippen molar-refractivity contribution >= 4 is 7.60 Å². The number of nitrogens with zero attached hydrogens (tertiary/aromatic N) is 2. The van der Waals surface area contributed by atoms with Gasteiger partial charge in [0.05, 0.1) is 0 Å². The zero-order valence-electron chi connectivity index (χ0n) is 12.9. The Morgan fingerprint density at radius 1 is 1.09 bits per heavy atom. The van der Waals surface area contributed by atoms with Crippen LogP contribution in [-0.4, -0.2) is 14.8 Å². The van der Waals surface area contributed by atoms with Gasteiger partial charge in [0.1, 0.15) is 0 Å². The van der Waals surface area contributed by atoms with Crippen LogP contribution in [0.5, 0.6) is 0 Å². The molecule has 1 unspecified atom stereocenters. The van der Waals surface area contributed by atoms with E-state index in [1.165, 1.54) is 0 Å². The predicted octanol–water partition coefficient (Wildman–Crippen LogP) is 3.08. The first-order valence-electron chi connectivity index (χ1n) is 7.42. The number of pyridine rings is 2. The second-order valence-corrected chi connectivity index (χ2v) is 7.28. The Balaban J connectivity index is 2.45. The average Bonchev–Trinajstić information content (AvgIpc) is 2.52. The van der Waals surface area contributed by atoms with Crippen molar-refractivity contribution in [3.63, 3.8) is 0 Å². The smallest absolute Gasteiger partial charge is 0.320 e. The monoisotopic (exact) mass is 321 g/mol. The highest BCUT2D eigenvalue weighted by atomic mass is 31.2. The van der Waals surface area contributed by atoms with E-state index in [2.05, 4.69) is 4.98 Å². The molecule has 0 aliphatic carbocycles. The van der Waals surface area contributed by atoms with E-state index >= 15 is 0 Å². The zero-order valence-corrected chi connectivity index (χ0v) is 13.8. The second kappa shape index (κ2) is 6.69. The Morgan fingerprint density at radius 3 is 2.09 bits per heavy atom. The molecule has 0 aliphatic rings. The van der Waals surface area contributed by atoms with E-state index in [-0.39, 0.29) is 0 Å². The maximum Gasteiger partial charge on any atom is 0.396 e. The van der Waals surface area contributed by atoms with Crippen molar-refractivity contribution in [1.82, 2.24) is 4.98 Å². The lowest BCUT2D eigenvalue weighted by Gasteiger charge is -2.27. The molecule has 0 bridgehead atoms. The van der Waals surface area contributed by atoms with Gasteiger partial charge in [-0.2, -0.15) is 4.57 Å². The highest BCUT2D eigenvalue weighted by molar-refractivity contribution is 7.52. The molecule has 0 spiro atoms. The molecular weight excluding hydrogens is 299 g/mol. The molecule has 1 atom stereocenters. The lowest BCUT2D eigenvalue weighted by Crippen LogP contribution is -2.55. The third-order valence-electron chi connectivity index (χ3n) is 4.08. The van der Waals surface area contributed by atoms with E-state index in [1.54, 1.807) is 29.4 Å². The van der Waals surface area contributed by atoms with Crippen LogP contribution in [0.4, 0.5) is 0 Å². The summed E-state index contributed by atoms with van der Waals surface area (Å²) < 4.78 is 13.8. The summed E-state index contributed by atoms with van der Waals surface area (Å²) in [6, 6.07) is 7.57. The number of aromatic nitrogens is 2. The average molecular weight is 321 g/mol. The van der Waals surface area contributed by atoms with Crippen LogP contribution < -0.4 is 4.57 Å². The Labute approximate surface area is 130 Å². The van der Waals surface area contributed by atoms with Gasteiger partial charge in [0, 0.05) is 37.4 Å². The van der Waals surface area contributed by atoms with Crippen LogP contribution in [0.25, 0.3) is 11.1 Å². The first-order chi connectivity index (χ1) is 10.4. The van der Waals surface area contributed by atoms with Crippen molar-refractivity contribution in [2.45, 2.75) is 38.4 Å². The molecule has 0 saturated heterocycles. The topological polar surface area (TPSA) is 74.3 Å². The molecule has 22 heavy (non-hydrogen) atoms. The van der Waals surface area contributed by atoms with Crippen molar-refractivity contribution < 1.29 is 18.9 Å². The van der Waals surface area contributed by atoms with Gasteiger partial charge in [0.2, 0.25) is 0 Å². The summed E-state index contributed by atoms with van der Waals surface area (Å²) in [5.74, 6) is 0. The molecule has 5 nitrogen and oxygen atoms in total. The normalized spacial score (nSPS) is 14.5. The Bertz CT molecular complexity index is 655. The fourth-order valence-corrected chi connectivity index (χ4v) is 4.19. The molecule has 2 aromatic heterocycles. The molecule has 0 radical (unpaired) electrons. The number of rotatable bonds is 6. The summed E-state index contributed by atoms with van der Waals surface area (Å²) in [5.41, 5.74) is 2.02. The van der Waals surface area contributed by atoms with E-state index < -0.39 is 12.9 Å². The maximum atomic E-state index is 12.1. The quantitative estimate of drug-likeness (QED) is 0.633. The maximum absolute atomic E-state index is 12.1. The first-order valence-corrected chi connectivity index (χ1v) is 9.03. The summed E-state index contributed by atoms with van der Waals surface area (Å²) in [4.78, 5) is 23.8. The molecule has 118 valence electrons. The first kappa shape index (κ1) is 16.8. The van der Waals surface area contributed by atoms with Crippen molar-refractivity contribution in [2.75, 3.05) is 0 Å². The van der Waals surface area contributed by atoms with Crippen LogP contribution in [0.1, 0.15) is 33.1 Å². The van der Waals surface area contributed by atoms with E-state index in [1.807, 2.05) is 38.1 Å². The Morgan fingerprint density at radius 2 is 1.64 bits per heavy atom. The summed E-state index contributed by atoms with van der Waals surface area (Å²) in [5, 5.41) is -1.17. The molecular formula is C16H22N2O3P+. The van der Waals surface area contributed by atoms with Crippen LogP contribution in [0.15, 0.2) is 49.1 Å². The summed E-state index contributed by atoms with van der Waals surface area (Å²) >= 11 is 0. The van der Waals surface area contributed by atoms with Gasteiger partial charge in [-0.05, 0) is 29.7 Å². The molecule has 6 heteroatoms.